The number of carbonyl (C=O) groups excluding carboxylic acids is 1. The number of hydrogen-bond donors (Lipinski definition) is 0. The van der Waals surface area contributed by atoms with E-state index >= 15 is 0 Å². The zero-order chi connectivity index (χ0) is 23.9. The normalized spacial score (nSPS) is 20.1. The van der Waals surface area contributed by atoms with Gasteiger partial charge in [0.05, 0.1) is 5.92 Å². The molecule has 10 heteroatoms. The van der Waals surface area contributed by atoms with Gasteiger partial charge >= 0.3 is 0 Å². The van der Waals surface area contributed by atoms with Crippen LogP contribution in [0.3, 0.4) is 0 Å². The Labute approximate surface area is 199 Å². The number of aromatic nitrogens is 2. The van der Waals surface area contributed by atoms with Gasteiger partial charge in [0.1, 0.15) is 10.4 Å². The van der Waals surface area contributed by atoms with Gasteiger partial charge in [-0.1, -0.05) is 18.2 Å². The van der Waals surface area contributed by atoms with Crippen LogP contribution in [0.2, 0.25) is 0 Å². The van der Waals surface area contributed by atoms with Gasteiger partial charge in [-0.15, -0.1) is 0 Å². The summed E-state index contributed by atoms with van der Waals surface area (Å²) < 4.78 is 32.9. The molecule has 1 atom stereocenters. The lowest BCUT2D eigenvalue weighted by Crippen LogP contribution is -2.53. The van der Waals surface area contributed by atoms with Crippen LogP contribution in [0, 0.1) is 19.8 Å². The highest BCUT2D eigenvalue weighted by molar-refractivity contribution is 7.89. The van der Waals surface area contributed by atoms with E-state index in [0.717, 1.165) is 13.1 Å². The Bertz CT molecular complexity index is 1310. The number of anilines is 1. The minimum atomic E-state index is -3.82. The third kappa shape index (κ3) is 4.05. The molecule has 34 heavy (non-hydrogen) atoms. The van der Waals surface area contributed by atoms with Crippen molar-refractivity contribution in [1.29, 1.82) is 0 Å². The minimum Gasteiger partial charge on any atom is -0.368 e. The topological polar surface area (TPSA) is 99.8 Å². The SMILES string of the molecule is Cc1cccc(N2CCN(C(=O)[C@H]3CCCN(S(=O)(=O)c4cccc5nonc45)C3)CC2)c1C. The van der Waals surface area contributed by atoms with E-state index in [1.54, 1.807) is 12.1 Å². The average Bonchev–Trinajstić information content (AvgIpc) is 3.34. The van der Waals surface area contributed by atoms with Gasteiger partial charge in [-0.25, -0.2) is 13.0 Å². The molecule has 0 spiro atoms. The molecule has 1 amide bonds. The second-order valence-electron chi connectivity index (χ2n) is 9.12. The highest BCUT2D eigenvalue weighted by Crippen LogP contribution is 2.29. The first-order valence-electron chi connectivity index (χ1n) is 11.7. The van der Waals surface area contributed by atoms with Gasteiger partial charge in [-0.2, -0.15) is 4.31 Å². The molecule has 1 aromatic heterocycles. The molecule has 2 fully saturated rings. The van der Waals surface area contributed by atoms with Crippen LogP contribution in [0.5, 0.6) is 0 Å². The summed E-state index contributed by atoms with van der Waals surface area (Å²) in [6, 6.07) is 11.1. The number of nitrogens with zero attached hydrogens (tertiary/aromatic N) is 5. The number of piperazine rings is 1. The second-order valence-corrected chi connectivity index (χ2v) is 11.0. The number of benzene rings is 2. The smallest absolute Gasteiger partial charge is 0.245 e. The summed E-state index contributed by atoms with van der Waals surface area (Å²) in [5.74, 6) is -0.299. The zero-order valence-electron chi connectivity index (χ0n) is 19.5. The maximum Gasteiger partial charge on any atom is 0.245 e. The van der Waals surface area contributed by atoms with E-state index in [4.69, 9.17) is 4.63 Å². The van der Waals surface area contributed by atoms with Crippen molar-refractivity contribution in [3.63, 3.8) is 0 Å². The number of aryl methyl sites for hydroxylation is 1. The molecule has 2 aromatic carbocycles. The summed E-state index contributed by atoms with van der Waals surface area (Å²) in [4.78, 5) is 17.6. The molecule has 3 aromatic rings. The van der Waals surface area contributed by atoms with E-state index in [-0.39, 0.29) is 28.8 Å². The summed E-state index contributed by atoms with van der Waals surface area (Å²) >= 11 is 0. The molecule has 5 rings (SSSR count). The summed E-state index contributed by atoms with van der Waals surface area (Å²) in [5.41, 5.74) is 4.37. The standard InChI is InChI=1S/C24H29N5O4S/c1-17-6-3-9-21(18(17)2)27-12-14-28(15-13-27)24(30)19-7-5-11-29(16-19)34(31,32)22-10-4-8-20-23(22)26-33-25-20/h3-4,6,8-10,19H,5,7,11-16H2,1-2H3/t19-/m0/s1. The highest BCUT2D eigenvalue weighted by Gasteiger charge is 2.37. The summed E-state index contributed by atoms with van der Waals surface area (Å²) in [6.45, 7) is 7.63. The predicted molar refractivity (Wildman–Crippen MR) is 128 cm³/mol. The van der Waals surface area contributed by atoms with Gasteiger partial charge in [-0.05, 0) is 66.3 Å². The monoisotopic (exact) mass is 483 g/mol. The summed E-state index contributed by atoms with van der Waals surface area (Å²) in [6.07, 6.45) is 1.34. The Balaban J connectivity index is 1.27. The zero-order valence-corrected chi connectivity index (χ0v) is 20.3. The molecule has 0 bridgehead atoms. The highest BCUT2D eigenvalue weighted by atomic mass is 32.2. The maximum absolute atomic E-state index is 13.4. The second kappa shape index (κ2) is 8.99. The fourth-order valence-corrected chi connectivity index (χ4v) is 6.66. The van der Waals surface area contributed by atoms with Crippen molar-refractivity contribution < 1.29 is 17.8 Å². The number of rotatable bonds is 4. The first-order valence-corrected chi connectivity index (χ1v) is 13.1. The van der Waals surface area contributed by atoms with Gasteiger partial charge in [0.15, 0.2) is 5.52 Å². The van der Waals surface area contributed by atoms with Gasteiger partial charge in [0.2, 0.25) is 15.9 Å². The average molecular weight is 484 g/mol. The molecule has 0 saturated carbocycles. The lowest BCUT2D eigenvalue weighted by atomic mass is 9.97. The molecule has 0 unspecified atom stereocenters. The van der Waals surface area contributed by atoms with Gasteiger partial charge in [0, 0.05) is 45.0 Å². The van der Waals surface area contributed by atoms with E-state index in [1.807, 2.05) is 4.90 Å². The van der Waals surface area contributed by atoms with E-state index < -0.39 is 10.0 Å². The molecule has 180 valence electrons. The quantitative estimate of drug-likeness (QED) is 0.562. The van der Waals surface area contributed by atoms with Crippen LogP contribution in [0.1, 0.15) is 24.0 Å². The van der Waals surface area contributed by atoms with Crippen molar-refractivity contribution in [3.8, 4) is 0 Å². The third-order valence-corrected chi connectivity index (χ3v) is 9.00. The molecule has 3 heterocycles. The van der Waals surface area contributed by atoms with Crippen LogP contribution < -0.4 is 4.90 Å². The number of carbonyl (C=O) groups is 1. The lowest BCUT2D eigenvalue weighted by Gasteiger charge is -2.40. The van der Waals surface area contributed by atoms with E-state index in [9.17, 15) is 13.2 Å². The van der Waals surface area contributed by atoms with E-state index in [1.165, 1.54) is 27.2 Å². The lowest BCUT2D eigenvalue weighted by molar-refractivity contribution is -0.137. The molecule has 0 aliphatic carbocycles. The van der Waals surface area contributed by atoms with Crippen LogP contribution in [-0.4, -0.2) is 73.1 Å². The molecule has 2 aliphatic rings. The molecule has 0 radical (unpaired) electrons. The Morgan fingerprint density at radius 3 is 2.56 bits per heavy atom. The van der Waals surface area contributed by atoms with Gasteiger partial charge in [0.25, 0.3) is 0 Å². The van der Waals surface area contributed by atoms with Gasteiger partial charge < -0.3 is 9.80 Å². The number of sulfonamides is 1. The van der Waals surface area contributed by atoms with E-state index in [2.05, 4.69) is 47.3 Å². The fourth-order valence-electron chi connectivity index (χ4n) is 5.00. The van der Waals surface area contributed by atoms with Crippen LogP contribution in [0.15, 0.2) is 45.9 Å². The third-order valence-electron chi connectivity index (χ3n) is 7.11. The first-order chi connectivity index (χ1) is 16.4. The molecule has 2 saturated heterocycles. The minimum absolute atomic E-state index is 0.0434. The Kier molecular flexibility index (Phi) is 6.03. The van der Waals surface area contributed by atoms with Crippen molar-refractivity contribution in [2.45, 2.75) is 31.6 Å². The van der Waals surface area contributed by atoms with E-state index in [0.29, 0.717) is 38.0 Å². The molecular weight excluding hydrogens is 454 g/mol. The Morgan fingerprint density at radius 2 is 1.76 bits per heavy atom. The van der Waals surface area contributed by atoms with Crippen LogP contribution >= 0.6 is 0 Å². The Morgan fingerprint density at radius 1 is 1.00 bits per heavy atom. The van der Waals surface area contributed by atoms with Crippen molar-refractivity contribution in [3.05, 3.63) is 47.5 Å². The summed E-state index contributed by atoms with van der Waals surface area (Å²) in [5, 5.41) is 7.53. The fraction of sp³-hybridized carbons (Fsp3) is 0.458. The number of hydrogen-bond acceptors (Lipinski definition) is 7. The maximum atomic E-state index is 13.4. The van der Waals surface area contributed by atoms with Crippen LogP contribution in [0.25, 0.3) is 11.0 Å². The van der Waals surface area contributed by atoms with Crippen molar-refractivity contribution in [1.82, 2.24) is 19.5 Å². The van der Waals surface area contributed by atoms with Crippen LogP contribution in [-0.2, 0) is 14.8 Å². The van der Waals surface area contributed by atoms with Crippen LogP contribution in [0.4, 0.5) is 5.69 Å². The van der Waals surface area contributed by atoms with Crippen molar-refractivity contribution >= 4 is 32.7 Å². The molecule has 2 aliphatic heterocycles. The molecular formula is C24H29N5O4S. The molecule has 0 N–H and O–H groups in total. The first kappa shape index (κ1) is 22.8. The van der Waals surface area contributed by atoms with Gasteiger partial charge in [-0.3, -0.25) is 4.79 Å². The van der Waals surface area contributed by atoms with Crippen molar-refractivity contribution in [2.75, 3.05) is 44.2 Å². The largest absolute Gasteiger partial charge is 0.368 e. The number of fused-ring (bicyclic) bond motifs is 1. The Hall–Kier alpha value is -2.98. The number of piperidine rings is 1. The molecule has 9 nitrogen and oxygen atoms in total. The summed E-state index contributed by atoms with van der Waals surface area (Å²) in [7, 11) is -3.82. The van der Waals surface area contributed by atoms with Crippen molar-refractivity contribution in [2.24, 2.45) is 5.92 Å². The predicted octanol–water partition coefficient (Wildman–Crippen LogP) is 2.59. The number of amides is 1.